The quantitative estimate of drug-likeness (QED) is 0.351. The van der Waals surface area contributed by atoms with Gasteiger partial charge in [0.25, 0.3) is 0 Å². The first-order valence-electron chi connectivity index (χ1n) is 10.1. The minimum absolute atomic E-state index is 0.0849. The lowest BCUT2D eigenvalue weighted by molar-refractivity contribution is -0.124. The summed E-state index contributed by atoms with van der Waals surface area (Å²) in [7, 11) is 0. The molecule has 0 aliphatic carbocycles. The van der Waals surface area contributed by atoms with E-state index in [9.17, 15) is 9.59 Å². The standard InChI is InChI=1S/C20H30N6O2/c1-2-21-19(22-10-13-26-18(27)15-24-20(26)28)23-14-17(25-11-6-7-12-25)16-8-4-3-5-9-16/h3-5,8-9,17H,2,6-7,10-15H2,1H3,(H,24,28)(H2,21,22,23). The van der Waals surface area contributed by atoms with Crippen LogP contribution in [-0.2, 0) is 4.79 Å². The van der Waals surface area contributed by atoms with Gasteiger partial charge < -0.3 is 16.0 Å². The predicted octanol–water partition coefficient (Wildman–Crippen LogP) is 0.930. The van der Waals surface area contributed by atoms with Gasteiger partial charge in [-0.05, 0) is 38.4 Å². The lowest BCUT2D eigenvalue weighted by Crippen LogP contribution is -2.43. The van der Waals surface area contributed by atoms with E-state index in [4.69, 9.17) is 4.99 Å². The number of hydrogen-bond acceptors (Lipinski definition) is 4. The molecule has 3 N–H and O–H groups in total. The van der Waals surface area contributed by atoms with Crippen molar-refractivity contribution in [1.82, 2.24) is 25.8 Å². The Hall–Kier alpha value is -2.61. The lowest BCUT2D eigenvalue weighted by atomic mass is 10.1. The fourth-order valence-corrected chi connectivity index (χ4v) is 3.65. The minimum Gasteiger partial charge on any atom is -0.357 e. The fraction of sp³-hybridized carbons (Fsp3) is 0.550. The number of hydrogen-bond donors (Lipinski definition) is 3. The normalized spacial score (nSPS) is 19.0. The number of rotatable bonds is 8. The van der Waals surface area contributed by atoms with Crippen molar-refractivity contribution in [3.8, 4) is 0 Å². The number of benzene rings is 1. The molecule has 2 aliphatic heterocycles. The van der Waals surface area contributed by atoms with Crippen LogP contribution in [0.2, 0.25) is 0 Å². The number of amides is 3. The van der Waals surface area contributed by atoms with Crippen LogP contribution in [-0.4, -0.2) is 73.5 Å². The molecule has 2 aliphatic rings. The summed E-state index contributed by atoms with van der Waals surface area (Å²) in [6.45, 7) is 6.49. The predicted molar refractivity (Wildman–Crippen MR) is 109 cm³/mol. The summed E-state index contributed by atoms with van der Waals surface area (Å²) in [6.07, 6.45) is 2.47. The molecule has 0 aromatic heterocycles. The van der Waals surface area contributed by atoms with Crippen LogP contribution >= 0.6 is 0 Å². The van der Waals surface area contributed by atoms with Crippen LogP contribution in [0.1, 0.15) is 31.4 Å². The van der Waals surface area contributed by atoms with Crippen molar-refractivity contribution in [2.24, 2.45) is 4.99 Å². The Kier molecular flexibility index (Phi) is 7.25. The van der Waals surface area contributed by atoms with Crippen molar-refractivity contribution in [2.45, 2.75) is 25.8 Å². The molecule has 8 nitrogen and oxygen atoms in total. The molecule has 3 amide bonds. The number of carbonyl (C=O) groups is 2. The Morgan fingerprint density at radius 3 is 2.57 bits per heavy atom. The first kappa shape index (κ1) is 20.1. The Morgan fingerprint density at radius 1 is 1.18 bits per heavy atom. The van der Waals surface area contributed by atoms with Crippen molar-refractivity contribution in [2.75, 3.05) is 45.8 Å². The summed E-state index contributed by atoms with van der Waals surface area (Å²) in [5.74, 6) is 0.515. The second kappa shape index (κ2) is 10.1. The van der Waals surface area contributed by atoms with Gasteiger partial charge in [0.1, 0.15) is 0 Å². The first-order valence-corrected chi connectivity index (χ1v) is 10.1. The number of aliphatic imine (C=N–C) groups is 1. The van der Waals surface area contributed by atoms with Crippen LogP contribution in [0.4, 0.5) is 4.79 Å². The van der Waals surface area contributed by atoms with Gasteiger partial charge in [0.2, 0.25) is 5.91 Å². The van der Waals surface area contributed by atoms with Crippen LogP contribution in [0, 0.1) is 0 Å². The highest BCUT2D eigenvalue weighted by atomic mass is 16.2. The molecule has 2 heterocycles. The SMILES string of the molecule is CCNC(=NCC(c1ccccc1)N1CCCC1)NCCN1C(=O)CNC1=O. The summed E-state index contributed by atoms with van der Waals surface area (Å²) < 4.78 is 0. The van der Waals surface area contributed by atoms with Crippen LogP contribution in [0.25, 0.3) is 0 Å². The summed E-state index contributed by atoms with van der Waals surface area (Å²) in [5, 5.41) is 9.01. The van der Waals surface area contributed by atoms with Crippen molar-refractivity contribution in [3.05, 3.63) is 35.9 Å². The Morgan fingerprint density at radius 2 is 1.93 bits per heavy atom. The van der Waals surface area contributed by atoms with Crippen molar-refractivity contribution in [1.29, 1.82) is 0 Å². The lowest BCUT2D eigenvalue weighted by Gasteiger charge is -2.27. The Bertz CT molecular complexity index is 671. The van der Waals surface area contributed by atoms with Gasteiger partial charge in [-0.1, -0.05) is 30.3 Å². The van der Waals surface area contributed by atoms with Crippen LogP contribution in [0.15, 0.2) is 35.3 Å². The highest BCUT2D eigenvalue weighted by Crippen LogP contribution is 2.25. The number of imide groups is 1. The van der Waals surface area contributed by atoms with E-state index in [0.717, 1.165) is 19.6 Å². The topological polar surface area (TPSA) is 89.1 Å². The molecular weight excluding hydrogens is 356 g/mol. The molecule has 1 unspecified atom stereocenters. The zero-order valence-corrected chi connectivity index (χ0v) is 16.5. The highest BCUT2D eigenvalue weighted by Gasteiger charge is 2.27. The average molecular weight is 387 g/mol. The second-order valence-electron chi connectivity index (χ2n) is 7.02. The number of nitrogens with zero attached hydrogens (tertiary/aromatic N) is 3. The number of guanidine groups is 1. The zero-order valence-electron chi connectivity index (χ0n) is 16.5. The molecule has 28 heavy (non-hydrogen) atoms. The van der Waals surface area contributed by atoms with E-state index in [1.165, 1.54) is 23.3 Å². The van der Waals surface area contributed by atoms with E-state index in [0.29, 0.717) is 25.6 Å². The first-order chi connectivity index (χ1) is 13.7. The molecule has 152 valence electrons. The van der Waals surface area contributed by atoms with Gasteiger partial charge in [-0.2, -0.15) is 0 Å². The van der Waals surface area contributed by atoms with Gasteiger partial charge in [0.05, 0.1) is 19.1 Å². The Balaban J connectivity index is 1.60. The third-order valence-electron chi connectivity index (χ3n) is 5.10. The molecule has 8 heteroatoms. The van der Waals surface area contributed by atoms with Gasteiger partial charge in [-0.3, -0.25) is 19.6 Å². The number of carbonyl (C=O) groups excluding carboxylic acids is 2. The summed E-state index contributed by atoms with van der Waals surface area (Å²) in [5.41, 5.74) is 1.28. The maximum atomic E-state index is 11.7. The van der Waals surface area contributed by atoms with E-state index < -0.39 is 0 Å². The van der Waals surface area contributed by atoms with E-state index in [1.807, 2.05) is 13.0 Å². The molecule has 0 bridgehead atoms. The molecule has 2 fully saturated rings. The van der Waals surface area contributed by atoms with Crippen molar-refractivity contribution < 1.29 is 9.59 Å². The molecule has 1 aromatic rings. The van der Waals surface area contributed by atoms with Gasteiger partial charge >= 0.3 is 6.03 Å². The maximum absolute atomic E-state index is 11.7. The summed E-state index contributed by atoms with van der Waals surface area (Å²) in [4.78, 5) is 31.8. The summed E-state index contributed by atoms with van der Waals surface area (Å²) in [6, 6.07) is 10.4. The zero-order chi connectivity index (χ0) is 19.8. The van der Waals surface area contributed by atoms with E-state index in [1.54, 1.807) is 0 Å². The number of urea groups is 1. The van der Waals surface area contributed by atoms with E-state index >= 15 is 0 Å². The third-order valence-corrected chi connectivity index (χ3v) is 5.10. The molecule has 2 saturated heterocycles. The van der Waals surface area contributed by atoms with Crippen LogP contribution < -0.4 is 16.0 Å². The van der Waals surface area contributed by atoms with E-state index in [2.05, 4.69) is 45.1 Å². The smallest absolute Gasteiger partial charge is 0.324 e. The Labute approximate surface area is 166 Å². The molecule has 0 saturated carbocycles. The molecule has 0 spiro atoms. The van der Waals surface area contributed by atoms with E-state index in [-0.39, 0.29) is 24.5 Å². The van der Waals surface area contributed by atoms with Crippen molar-refractivity contribution in [3.63, 3.8) is 0 Å². The third kappa shape index (κ3) is 5.22. The van der Waals surface area contributed by atoms with Gasteiger partial charge in [-0.25, -0.2) is 4.79 Å². The number of nitrogens with one attached hydrogen (secondary N) is 3. The maximum Gasteiger partial charge on any atom is 0.324 e. The van der Waals surface area contributed by atoms with Crippen LogP contribution in [0.3, 0.4) is 0 Å². The monoisotopic (exact) mass is 386 g/mol. The molecular formula is C20H30N6O2. The molecule has 3 rings (SSSR count). The van der Waals surface area contributed by atoms with Crippen molar-refractivity contribution >= 4 is 17.9 Å². The van der Waals surface area contributed by atoms with Crippen LogP contribution in [0.5, 0.6) is 0 Å². The van der Waals surface area contributed by atoms with Gasteiger partial charge in [0, 0.05) is 19.6 Å². The largest absolute Gasteiger partial charge is 0.357 e. The summed E-state index contributed by atoms with van der Waals surface area (Å²) >= 11 is 0. The van der Waals surface area contributed by atoms with Gasteiger partial charge in [-0.15, -0.1) is 0 Å². The van der Waals surface area contributed by atoms with Gasteiger partial charge in [0.15, 0.2) is 5.96 Å². The minimum atomic E-state index is -0.327. The highest BCUT2D eigenvalue weighted by molar-refractivity contribution is 6.01. The number of likely N-dealkylation sites (tertiary alicyclic amines) is 1. The average Bonchev–Trinajstić information content (AvgIpc) is 3.34. The second-order valence-corrected chi connectivity index (χ2v) is 7.02. The molecule has 1 atom stereocenters. The molecule has 0 radical (unpaired) electrons. The molecule has 1 aromatic carbocycles. The fourth-order valence-electron chi connectivity index (χ4n) is 3.65.